The Morgan fingerprint density at radius 3 is 2.62 bits per heavy atom. The van der Waals surface area contributed by atoms with Crippen LogP contribution in [-0.4, -0.2) is 21.2 Å². The lowest BCUT2D eigenvalue weighted by atomic mass is 10.1. The first-order chi connectivity index (χ1) is 7.50. The number of pyridine rings is 1. The fraction of sp³-hybridized carbons (Fsp3) is 0. The molecule has 0 radical (unpaired) electrons. The number of fused-ring (bicyclic) bond motifs is 1. The second-order valence-corrected chi connectivity index (χ2v) is 3.11. The maximum absolute atomic E-state index is 13.4. The molecule has 0 aliphatic carbocycles. The van der Waals surface area contributed by atoms with Crippen molar-refractivity contribution in [3.63, 3.8) is 0 Å². The number of hydrogen-bond donors (Lipinski definition) is 2. The lowest BCUT2D eigenvalue weighted by Gasteiger charge is -2.05. The van der Waals surface area contributed by atoms with Crippen molar-refractivity contribution in [2.45, 2.75) is 0 Å². The molecule has 2 N–H and O–H groups in total. The number of rotatable bonds is 1. The third kappa shape index (κ3) is 1.44. The van der Waals surface area contributed by atoms with Crippen molar-refractivity contribution in [3.8, 4) is 5.75 Å². The number of aromatic hydroxyl groups is 1. The van der Waals surface area contributed by atoms with Crippen LogP contribution in [0.3, 0.4) is 0 Å². The van der Waals surface area contributed by atoms with E-state index in [1.807, 2.05) is 0 Å². The topological polar surface area (TPSA) is 70.4 Å². The molecule has 1 aromatic carbocycles. The van der Waals surface area contributed by atoms with Crippen molar-refractivity contribution >= 4 is 16.9 Å². The summed E-state index contributed by atoms with van der Waals surface area (Å²) < 4.78 is 26.2. The van der Waals surface area contributed by atoms with E-state index in [-0.39, 0.29) is 5.52 Å². The first-order valence-corrected chi connectivity index (χ1v) is 4.20. The molecule has 2 aromatic rings. The quantitative estimate of drug-likeness (QED) is 0.777. The van der Waals surface area contributed by atoms with E-state index in [9.17, 15) is 18.7 Å². The molecule has 0 saturated carbocycles. The fourth-order valence-corrected chi connectivity index (χ4v) is 1.45. The first-order valence-electron chi connectivity index (χ1n) is 4.20. The minimum absolute atomic E-state index is 0.160. The molecule has 1 heterocycles. The normalized spacial score (nSPS) is 10.6. The molecule has 0 spiro atoms. The third-order valence-electron chi connectivity index (χ3n) is 2.08. The van der Waals surface area contributed by atoms with E-state index in [0.717, 1.165) is 12.3 Å². The Bertz CT molecular complexity index is 598. The Labute approximate surface area is 87.8 Å². The van der Waals surface area contributed by atoms with Gasteiger partial charge in [0.1, 0.15) is 22.9 Å². The molecular formula is C10H5F2NO3. The number of carbonyl (C=O) groups is 1. The molecular weight excluding hydrogens is 220 g/mol. The van der Waals surface area contributed by atoms with Crippen LogP contribution in [0.1, 0.15) is 10.4 Å². The average molecular weight is 225 g/mol. The summed E-state index contributed by atoms with van der Waals surface area (Å²) in [4.78, 5) is 14.4. The highest BCUT2D eigenvalue weighted by atomic mass is 19.1. The Balaban J connectivity index is 2.97. The minimum Gasteiger partial charge on any atom is -0.505 e. The number of hydrogen-bond acceptors (Lipinski definition) is 3. The second kappa shape index (κ2) is 3.41. The maximum atomic E-state index is 13.4. The summed E-state index contributed by atoms with van der Waals surface area (Å²) in [5.74, 6) is -4.10. The molecule has 0 bridgehead atoms. The van der Waals surface area contributed by atoms with E-state index in [0.29, 0.717) is 6.07 Å². The van der Waals surface area contributed by atoms with Gasteiger partial charge in [0.25, 0.3) is 0 Å². The average Bonchev–Trinajstić information content (AvgIpc) is 2.18. The van der Waals surface area contributed by atoms with Crippen LogP contribution in [0.25, 0.3) is 10.9 Å². The molecule has 0 atom stereocenters. The largest absolute Gasteiger partial charge is 0.505 e. The molecule has 16 heavy (non-hydrogen) atoms. The van der Waals surface area contributed by atoms with Crippen molar-refractivity contribution in [3.05, 3.63) is 35.5 Å². The zero-order valence-corrected chi connectivity index (χ0v) is 7.74. The predicted octanol–water partition coefficient (Wildman–Crippen LogP) is 1.92. The van der Waals surface area contributed by atoms with Crippen LogP contribution < -0.4 is 0 Å². The van der Waals surface area contributed by atoms with Gasteiger partial charge in [-0.05, 0) is 0 Å². The summed E-state index contributed by atoms with van der Waals surface area (Å²) in [6, 6.07) is 1.43. The molecule has 0 amide bonds. The number of aromatic nitrogens is 1. The van der Waals surface area contributed by atoms with Crippen molar-refractivity contribution in [2.75, 3.05) is 0 Å². The smallest absolute Gasteiger partial charge is 0.340 e. The number of benzene rings is 1. The van der Waals surface area contributed by atoms with Gasteiger partial charge in [0.05, 0.1) is 17.1 Å². The molecule has 0 saturated heterocycles. The van der Waals surface area contributed by atoms with Gasteiger partial charge < -0.3 is 10.2 Å². The fourth-order valence-electron chi connectivity index (χ4n) is 1.45. The highest BCUT2D eigenvalue weighted by Crippen LogP contribution is 2.28. The number of carboxylic acid groups (broad SMARTS) is 1. The van der Waals surface area contributed by atoms with Gasteiger partial charge in [-0.25, -0.2) is 13.6 Å². The molecule has 0 fully saturated rings. The van der Waals surface area contributed by atoms with Gasteiger partial charge in [0.2, 0.25) is 0 Å². The first kappa shape index (κ1) is 10.3. The van der Waals surface area contributed by atoms with Gasteiger partial charge >= 0.3 is 5.97 Å². The molecule has 0 aliphatic heterocycles. The van der Waals surface area contributed by atoms with E-state index in [1.54, 1.807) is 0 Å². The zero-order valence-electron chi connectivity index (χ0n) is 7.74. The minimum atomic E-state index is -1.50. The Morgan fingerprint density at radius 2 is 2.00 bits per heavy atom. The van der Waals surface area contributed by atoms with Crippen LogP contribution >= 0.6 is 0 Å². The van der Waals surface area contributed by atoms with Crippen molar-refractivity contribution in [2.24, 2.45) is 0 Å². The van der Waals surface area contributed by atoms with Crippen LogP contribution in [-0.2, 0) is 0 Å². The van der Waals surface area contributed by atoms with Gasteiger partial charge in [0.15, 0.2) is 0 Å². The summed E-state index contributed by atoms with van der Waals surface area (Å²) in [5, 5.41) is 17.7. The molecule has 82 valence electrons. The summed E-state index contributed by atoms with van der Waals surface area (Å²) in [6.07, 6.45) is 0.838. The van der Waals surface area contributed by atoms with E-state index < -0.39 is 34.3 Å². The molecule has 0 aliphatic rings. The van der Waals surface area contributed by atoms with E-state index in [4.69, 9.17) is 5.11 Å². The zero-order chi connectivity index (χ0) is 11.9. The maximum Gasteiger partial charge on any atom is 0.340 e. The number of carboxylic acids is 1. The Hall–Kier alpha value is -2.24. The van der Waals surface area contributed by atoms with E-state index in [1.165, 1.54) is 0 Å². The predicted molar refractivity (Wildman–Crippen MR) is 50.3 cm³/mol. The number of aromatic carboxylic acids is 1. The molecule has 6 heteroatoms. The van der Waals surface area contributed by atoms with Crippen LogP contribution in [0.4, 0.5) is 8.78 Å². The van der Waals surface area contributed by atoms with Crippen LogP contribution in [0.5, 0.6) is 5.75 Å². The van der Waals surface area contributed by atoms with Crippen LogP contribution in [0, 0.1) is 11.6 Å². The summed E-state index contributed by atoms with van der Waals surface area (Å²) in [6.45, 7) is 0. The highest BCUT2D eigenvalue weighted by Gasteiger charge is 2.19. The highest BCUT2D eigenvalue weighted by molar-refractivity contribution is 6.05. The molecule has 4 nitrogen and oxygen atoms in total. The van der Waals surface area contributed by atoms with Gasteiger partial charge in [-0.3, -0.25) is 4.98 Å². The lowest BCUT2D eigenvalue weighted by Crippen LogP contribution is -2.01. The lowest BCUT2D eigenvalue weighted by molar-refractivity contribution is 0.0695. The monoisotopic (exact) mass is 225 g/mol. The summed E-state index contributed by atoms with van der Waals surface area (Å²) >= 11 is 0. The van der Waals surface area contributed by atoms with E-state index >= 15 is 0 Å². The number of nitrogens with zero attached hydrogens (tertiary/aromatic N) is 1. The standard InChI is InChI=1S/C10H5F2NO3/c11-4-1-5(12)8-6(2-4)13-3-7(14)9(8)10(15)16/h1-3,14H,(H,15,16). The Morgan fingerprint density at radius 1 is 1.31 bits per heavy atom. The molecule has 0 unspecified atom stereocenters. The SMILES string of the molecule is O=C(O)c1c(O)cnc2cc(F)cc(F)c12. The molecule has 1 aromatic heterocycles. The number of halogens is 2. The third-order valence-corrected chi connectivity index (χ3v) is 2.08. The van der Waals surface area contributed by atoms with Gasteiger partial charge in [-0.1, -0.05) is 0 Å². The van der Waals surface area contributed by atoms with Crippen molar-refractivity contribution < 1.29 is 23.8 Å². The Kier molecular flexibility index (Phi) is 2.19. The van der Waals surface area contributed by atoms with Crippen LogP contribution in [0.2, 0.25) is 0 Å². The summed E-state index contributed by atoms with van der Waals surface area (Å²) in [7, 11) is 0. The van der Waals surface area contributed by atoms with E-state index in [2.05, 4.69) is 4.98 Å². The van der Waals surface area contributed by atoms with Crippen molar-refractivity contribution in [1.82, 2.24) is 4.98 Å². The summed E-state index contributed by atoms with van der Waals surface area (Å²) in [5.41, 5.74) is -0.782. The van der Waals surface area contributed by atoms with Gasteiger partial charge in [-0.15, -0.1) is 0 Å². The second-order valence-electron chi connectivity index (χ2n) is 3.11. The van der Waals surface area contributed by atoms with Crippen LogP contribution in [0.15, 0.2) is 18.3 Å². The molecule has 2 rings (SSSR count). The van der Waals surface area contributed by atoms with Gasteiger partial charge in [-0.2, -0.15) is 0 Å². The van der Waals surface area contributed by atoms with Crippen molar-refractivity contribution in [1.29, 1.82) is 0 Å². The van der Waals surface area contributed by atoms with Gasteiger partial charge in [0, 0.05) is 12.1 Å².